The smallest absolute Gasteiger partial charge is 0.356 e. The van der Waals surface area contributed by atoms with Crippen LogP contribution < -0.4 is 11.6 Å². The molecular weight excluding hydrogens is 264 g/mol. The van der Waals surface area contributed by atoms with E-state index in [0.717, 1.165) is 12.1 Å². The minimum atomic E-state index is -0.493. The summed E-state index contributed by atoms with van der Waals surface area (Å²) in [6.07, 6.45) is 3.39. The molecule has 0 fully saturated rings. The van der Waals surface area contributed by atoms with E-state index in [0.29, 0.717) is 5.56 Å². The van der Waals surface area contributed by atoms with Crippen molar-refractivity contribution in [3.05, 3.63) is 65.7 Å². The first-order valence-corrected chi connectivity index (χ1v) is 6.98. The SMILES string of the molecule is CCCCc1ccc(C(=O)ON)cc1.Nc1ccccc1. The largest absolute Gasteiger partial charge is 0.399 e. The predicted molar refractivity (Wildman–Crippen MR) is 85.5 cm³/mol. The number of carbonyl (C=O) groups is 1. The molecule has 0 unspecified atom stereocenters. The third-order valence-electron chi connectivity index (χ3n) is 2.92. The van der Waals surface area contributed by atoms with E-state index in [1.54, 1.807) is 12.1 Å². The van der Waals surface area contributed by atoms with Gasteiger partial charge in [0.1, 0.15) is 0 Å². The predicted octanol–water partition coefficient (Wildman–Crippen LogP) is 3.33. The van der Waals surface area contributed by atoms with E-state index >= 15 is 0 Å². The molecule has 0 bridgehead atoms. The minimum absolute atomic E-state index is 0.493. The lowest BCUT2D eigenvalue weighted by Gasteiger charge is -2.01. The van der Waals surface area contributed by atoms with Gasteiger partial charge in [0.2, 0.25) is 0 Å². The number of para-hydroxylation sites is 1. The fraction of sp³-hybridized carbons (Fsp3) is 0.235. The molecule has 0 aliphatic rings. The summed E-state index contributed by atoms with van der Waals surface area (Å²) in [6, 6.07) is 16.8. The highest BCUT2D eigenvalue weighted by Crippen LogP contribution is 2.08. The van der Waals surface area contributed by atoms with Gasteiger partial charge in [-0.1, -0.05) is 43.7 Å². The highest BCUT2D eigenvalue weighted by molar-refractivity contribution is 5.89. The number of nitrogen functional groups attached to an aromatic ring is 1. The van der Waals surface area contributed by atoms with Gasteiger partial charge in [-0.2, -0.15) is 5.90 Å². The molecule has 21 heavy (non-hydrogen) atoms. The number of hydrogen-bond donors (Lipinski definition) is 2. The standard InChI is InChI=1S/C11H15NO2.C6H7N/c1-2-3-4-9-5-7-10(8-6-9)11(13)14-12;7-6-4-2-1-3-5-6/h5-8H,2-4,12H2,1H3;1-5H,7H2. The van der Waals surface area contributed by atoms with E-state index in [2.05, 4.69) is 11.8 Å². The molecule has 0 saturated carbocycles. The third-order valence-corrected chi connectivity index (χ3v) is 2.92. The number of benzene rings is 2. The van der Waals surface area contributed by atoms with Crippen LogP contribution in [-0.4, -0.2) is 5.97 Å². The Morgan fingerprint density at radius 2 is 1.67 bits per heavy atom. The maximum absolute atomic E-state index is 11.0. The molecule has 2 aromatic rings. The number of hydrogen-bond acceptors (Lipinski definition) is 4. The summed E-state index contributed by atoms with van der Waals surface area (Å²) < 4.78 is 0. The van der Waals surface area contributed by atoms with E-state index in [1.165, 1.54) is 18.4 Å². The first kappa shape index (κ1) is 16.7. The summed E-state index contributed by atoms with van der Waals surface area (Å²) in [7, 11) is 0. The van der Waals surface area contributed by atoms with Gasteiger partial charge < -0.3 is 10.6 Å². The number of unbranched alkanes of at least 4 members (excludes halogenated alkanes) is 1. The summed E-state index contributed by atoms with van der Waals surface area (Å²) >= 11 is 0. The van der Waals surface area contributed by atoms with Crippen molar-refractivity contribution in [3.8, 4) is 0 Å². The number of aryl methyl sites for hydroxylation is 1. The van der Waals surface area contributed by atoms with Crippen LogP contribution in [0.4, 0.5) is 5.69 Å². The lowest BCUT2D eigenvalue weighted by atomic mass is 10.1. The summed E-state index contributed by atoms with van der Waals surface area (Å²) in [5, 5.41) is 0. The number of carbonyl (C=O) groups excluding carboxylic acids is 1. The number of anilines is 1. The van der Waals surface area contributed by atoms with Gasteiger partial charge in [0.25, 0.3) is 0 Å². The molecular formula is C17H22N2O2. The van der Waals surface area contributed by atoms with Crippen molar-refractivity contribution in [3.63, 3.8) is 0 Å². The van der Waals surface area contributed by atoms with Crippen LogP contribution in [0.15, 0.2) is 54.6 Å². The van der Waals surface area contributed by atoms with Gasteiger partial charge in [0.05, 0.1) is 5.56 Å². The summed E-state index contributed by atoms with van der Waals surface area (Å²) in [5.41, 5.74) is 7.91. The maximum Gasteiger partial charge on any atom is 0.356 e. The quantitative estimate of drug-likeness (QED) is 0.667. The van der Waals surface area contributed by atoms with Crippen molar-refractivity contribution in [2.24, 2.45) is 5.90 Å². The molecule has 2 aromatic carbocycles. The highest BCUT2D eigenvalue weighted by atomic mass is 16.7. The lowest BCUT2D eigenvalue weighted by Crippen LogP contribution is -2.09. The maximum atomic E-state index is 11.0. The van der Waals surface area contributed by atoms with E-state index in [4.69, 9.17) is 11.6 Å². The Labute approximate surface area is 125 Å². The molecule has 0 aliphatic heterocycles. The molecule has 4 heteroatoms. The van der Waals surface area contributed by atoms with Gasteiger partial charge in [-0.15, -0.1) is 0 Å². The number of rotatable bonds is 4. The molecule has 0 heterocycles. The van der Waals surface area contributed by atoms with E-state index in [9.17, 15) is 4.79 Å². The second-order valence-corrected chi connectivity index (χ2v) is 4.62. The van der Waals surface area contributed by atoms with Gasteiger partial charge in [0.15, 0.2) is 0 Å². The van der Waals surface area contributed by atoms with Crippen molar-refractivity contribution in [2.75, 3.05) is 5.73 Å². The van der Waals surface area contributed by atoms with Crippen LogP contribution in [0.25, 0.3) is 0 Å². The lowest BCUT2D eigenvalue weighted by molar-refractivity contribution is 0.0503. The molecule has 112 valence electrons. The second-order valence-electron chi connectivity index (χ2n) is 4.62. The zero-order valence-corrected chi connectivity index (χ0v) is 12.3. The van der Waals surface area contributed by atoms with Crippen molar-refractivity contribution in [1.82, 2.24) is 0 Å². The molecule has 0 amide bonds. The summed E-state index contributed by atoms with van der Waals surface area (Å²) in [5.74, 6) is 4.28. The van der Waals surface area contributed by atoms with Gasteiger partial charge in [-0.05, 0) is 42.7 Å². The Hall–Kier alpha value is -2.33. The van der Waals surface area contributed by atoms with Crippen LogP contribution in [0, 0.1) is 0 Å². The van der Waals surface area contributed by atoms with Crippen molar-refractivity contribution >= 4 is 11.7 Å². The Morgan fingerprint density at radius 3 is 2.10 bits per heavy atom. The average Bonchev–Trinajstić information content (AvgIpc) is 2.54. The summed E-state index contributed by atoms with van der Waals surface area (Å²) in [6.45, 7) is 2.15. The molecule has 0 aromatic heterocycles. The Kier molecular flexibility index (Phi) is 7.61. The average molecular weight is 286 g/mol. The Bertz CT molecular complexity index is 524. The van der Waals surface area contributed by atoms with Crippen molar-refractivity contribution in [2.45, 2.75) is 26.2 Å². The van der Waals surface area contributed by atoms with Gasteiger partial charge in [0, 0.05) is 5.69 Å². The van der Waals surface area contributed by atoms with E-state index < -0.39 is 5.97 Å². The molecule has 0 saturated heterocycles. The van der Waals surface area contributed by atoms with Gasteiger partial charge in [-0.25, -0.2) is 4.79 Å². The van der Waals surface area contributed by atoms with Crippen molar-refractivity contribution in [1.29, 1.82) is 0 Å². The van der Waals surface area contributed by atoms with Crippen LogP contribution in [0.2, 0.25) is 0 Å². The van der Waals surface area contributed by atoms with E-state index in [-0.39, 0.29) is 0 Å². The van der Waals surface area contributed by atoms with Crippen LogP contribution in [-0.2, 0) is 11.3 Å². The van der Waals surface area contributed by atoms with Crippen LogP contribution in [0.3, 0.4) is 0 Å². The summed E-state index contributed by atoms with van der Waals surface area (Å²) in [4.78, 5) is 15.1. The molecule has 0 atom stereocenters. The van der Waals surface area contributed by atoms with Crippen LogP contribution in [0.5, 0.6) is 0 Å². The van der Waals surface area contributed by atoms with E-state index in [1.807, 2.05) is 42.5 Å². The molecule has 4 nitrogen and oxygen atoms in total. The Balaban J connectivity index is 0.000000262. The van der Waals surface area contributed by atoms with Crippen LogP contribution in [0.1, 0.15) is 35.7 Å². The second kappa shape index (κ2) is 9.55. The zero-order chi connectivity index (χ0) is 15.5. The number of nitrogens with two attached hydrogens (primary N) is 2. The molecule has 0 aliphatic carbocycles. The zero-order valence-electron chi connectivity index (χ0n) is 12.3. The fourth-order valence-corrected chi connectivity index (χ4v) is 1.71. The van der Waals surface area contributed by atoms with Gasteiger partial charge in [-0.3, -0.25) is 0 Å². The monoisotopic (exact) mass is 286 g/mol. The van der Waals surface area contributed by atoms with Crippen LogP contribution >= 0.6 is 0 Å². The minimum Gasteiger partial charge on any atom is -0.399 e. The normalized spacial score (nSPS) is 9.43. The first-order chi connectivity index (χ1) is 10.2. The molecule has 0 spiro atoms. The third kappa shape index (κ3) is 6.58. The molecule has 2 rings (SSSR count). The molecule has 4 N–H and O–H groups in total. The highest BCUT2D eigenvalue weighted by Gasteiger charge is 2.04. The van der Waals surface area contributed by atoms with Crippen molar-refractivity contribution < 1.29 is 9.63 Å². The fourth-order valence-electron chi connectivity index (χ4n) is 1.71. The Morgan fingerprint density at radius 1 is 1.05 bits per heavy atom. The first-order valence-electron chi connectivity index (χ1n) is 6.98. The van der Waals surface area contributed by atoms with Gasteiger partial charge >= 0.3 is 5.97 Å². The topological polar surface area (TPSA) is 78.3 Å². The molecule has 0 radical (unpaired) electrons.